The summed E-state index contributed by atoms with van der Waals surface area (Å²) in [5, 5.41) is 25.4. The molecule has 63 heavy (non-hydrogen) atoms. The van der Waals surface area contributed by atoms with E-state index in [4.69, 9.17) is 15.2 Å². The lowest BCUT2D eigenvalue weighted by molar-refractivity contribution is -0.118. The molecule has 10 rings (SSSR count). The molecule has 0 spiro atoms. The number of aryl methyl sites for hydroxylation is 4. The van der Waals surface area contributed by atoms with Gasteiger partial charge in [0.1, 0.15) is 36.6 Å². The Kier molecular flexibility index (Phi) is 11.1. The number of ether oxygens (including phenoxy) is 2. The molecule has 17 heteroatoms. The van der Waals surface area contributed by atoms with Crippen molar-refractivity contribution in [2.24, 2.45) is 19.8 Å². The van der Waals surface area contributed by atoms with E-state index in [1.165, 1.54) is 6.92 Å². The van der Waals surface area contributed by atoms with Gasteiger partial charge in [0.05, 0.1) is 72.5 Å². The van der Waals surface area contributed by atoms with E-state index in [-0.39, 0.29) is 19.4 Å². The third-order valence-electron chi connectivity index (χ3n) is 11.7. The number of rotatable bonds is 13. The second-order valence-electron chi connectivity index (χ2n) is 15.6. The number of aliphatic hydroxyl groups excluding tert-OH is 2. The maximum Gasteiger partial charge on any atom is 0.216 e. The average molecular weight is 851 g/mol. The van der Waals surface area contributed by atoms with Crippen LogP contribution in [0.15, 0.2) is 85.7 Å². The van der Waals surface area contributed by atoms with Crippen molar-refractivity contribution in [3.05, 3.63) is 97.4 Å². The lowest BCUT2D eigenvalue weighted by Gasteiger charge is -2.07. The summed E-state index contributed by atoms with van der Waals surface area (Å²) in [6.07, 6.45) is 14.5. The van der Waals surface area contributed by atoms with Crippen LogP contribution in [0.5, 0.6) is 11.5 Å². The van der Waals surface area contributed by atoms with Crippen LogP contribution in [0, 0.1) is 0 Å². The molecule has 0 aliphatic carbocycles. The third kappa shape index (κ3) is 7.18. The number of benzene rings is 2. The highest BCUT2D eigenvalue weighted by Crippen LogP contribution is 2.38. The minimum atomic E-state index is -0.204. The van der Waals surface area contributed by atoms with Gasteiger partial charge < -0.3 is 49.0 Å². The molecule has 0 radical (unpaired) electrons. The fourth-order valence-electron chi connectivity index (χ4n) is 8.71. The topological polar surface area (TPSA) is 194 Å². The molecule has 0 aliphatic heterocycles. The van der Waals surface area contributed by atoms with Gasteiger partial charge >= 0.3 is 0 Å². The Morgan fingerprint density at radius 2 is 1.13 bits per heavy atom. The Labute approximate surface area is 361 Å². The van der Waals surface area contributed by atoms with Gasteiger partial charge in [-0.1, -0.05) is 0 Å². The lowest BCUT2D eigenvalue weighted by atomic mass is 10.1. The number of nitrogens with zero attached hydrogens (tertiary/aromatic N) is 10. The van der Waals surface area contributed by atoms with E-state index in [0.717, 1.165) is 109 Å². The second kappa shape index (κ2) is 16.9. The van der Waals surface area contributed by atoms with Gasteiger partial charge in [0.2, 0.25) is 5.91 Å². The van der Waals surface area contributed by atoms with E-state index in [9.17, 15) is 15.0 Å². The lowest BCUT2D eigenvalue weighted by Crippen LogP contribution is -2.21. The molecule has 8 heterocycles. The van der Waals surface area contributed by atoms with Gasteiger partial charge in [0, 0.05) is 85.7 Å². The molecule has 17 nitrogen and oxygen atoms in total. The van der Waals surface area contributed by atoms with Crippen LogP contribution in [0.4, 0.5) is 0 Å². The smallest absolute Gasteiger partial charge is 0.216 e. The number of hydrogen-bond donors (Lipinski definition) is 4. The van der Waals surface area contributed by atoms with E-state index in [1.807, 2.05) is 65.8 Å². The number of aromatic nitrogens is 10. The first kappa shape index (κ1) is 41.2. The quantitative estimate of drug-likeness (QED) is 0.107. The first-order valence-electron chi connectivity index (χ1n) is 20.8. The van der Waals surface area contributed by atoms with Gasteiger partial charge in [-0.15, -0.1) is 0 Å². The summed E-state index contributed by atoms with van der Waals surface area (Å²) in [6, 6.07) is 16.1. The van der Waals surface area contributed by atoms with E-state index in [1.54, 1.807) is 32.8 Å². The van der Waals surface area contributed by atoms with Crippen LogP contribution in [0.3, 0.4) is 0 Å². The summed E-state index contributed by atoms with van der Waals surface area (Å²) >= 11 is 0. The monoisotopic (exact) mass is 850 g/mol. The highest BCUT2D eigenvalue weighted by Gasteiger charge is 2.21. The summed E-state index contributed by atoms with van der Waals surface area (Å²) < 4.78 is 22.9. The maximum atomic E-state index is 11.2. The normalized spacial score (nSPS) is 11.7. The maximum absolute atomic E-state index is 11.2. The van der Waals surface area contributed by atoms with Gasteiger partial charge in [-0.3, -0.25) is 13.6 Å². The predicted octanol–water partition coefficient (Wildman–Crippen LogP) is 5.56. The van der Waals surface area contributed by atoms with Crippen molar-refractivity contribution in [2.45, 2.75) is 46.1 Å². The molecule has 1 amide bonds. The molecule has 0 saturated carbocycles. The molecule has 0 aliphatic rings. The minimum absolute atomic E-state index is 0.0362. The summed E-state index contributed by atoms with van der Waals surface area (Å²) in [5.41, 5.74) is 16.6. The zero-order valence-electron chi connectivity index (χ0n) is 35.9. The number of nitrogens with two attached hydrogens (primary N) is 1. The van der Waals surface area contributed by atoms with E-state index < -0.39 is 0 Å². The Bertz CT molecular complexity index is 3310. The van der Waals surface area contributed by atoms with Crippen LogP contribution in [0.25, 0.3) is 77.7 Å². The molecule has 0 unspecified atom stereocenters. The van der Waals surface area contributed by atoms with E-state index in [0.29, 0.717) is 30.8 Å². The number of carbonyl (C=O) groups is 1. The number of fused-ring (bicyclic) bond motifs is 8. The van der Waals surface area contributed by atoms with Crippen LogP contribution in [0.2, 0.25) is 0 Å². The number of imidazole rings is 2. The van der Waals surface area contributed by atoms with Crippen molar-refractivity contribution in [3.8, 4) is 34.0 Å². The second-order valence-corrected chi connectivity index (χ2v) is 15.6. The predicted molar refractivity (Wildman–Crippen MR) is 243 cm³/mol. The fourth-order valence-corrected chi connectivity index (χ4v) is 8.71. The van der Waals surface area contributed by atoms with Gasteiger partial charge in [0.25, 0.3) is 0 Å². The number of hydrogen-bond acceptors (Lipinski definition) is 10. The number of amides is 1. The van der Waals surface area contributed by atoms with Crippen molar-refractivity contribution in [1.29, 1.82) is 0 Å². The molecule has 5 N–H and O–H groups in total. The number of methoxy groups -OCH3 is 2. The fraction of sp³-hybridized carbons (Fsp3) is 0.283. The van der Waals surface area contributed by atoms with Crippen molar-refractivity contribution in [1.82, 2.24) is 52.3 Å². The molecular formula is C46H50N12O5. The van der Waals surface area contributed by atoms with Crippen LogP contribution in [-0.2, 0) is 45.2 Å². The number of aliphatic hydroxyl groups is 2. The first-order chi connectivity index (χ1) is 30.7. The molecule has 0 fully saturated rings. The van der Waals surface area contributed by atoms with Crippen LogP contribution >= 0.6 is 0 Å². The van der Waals surface area contributed by atoms with Crippen LogP contribution < -0.4 is 20.5 Å². The summed E-state index contributed by atoms with van der Waals surface area (Å²) in [4.78, 5) is 29.6. The van der Waals surface area contributed by atoms with Gasteiger partial charge in [-0.2, -0.15) is 0 Å². The van der Waals surface area contributed by atoms with Crippen LogP contribution in [-0.4, -0.2) is 90.4 Å². The zero-order valence-corrected chi connectivity index (χ0v) is 35.9. The Balaban J connectivity index is 0.000000161. The molecular weight excluding hydrogens is 801 g/mol. The molecule has 324 valence electrons. The number of nitrogens with one attached hydrogen (secondary N) is 1. The summed E-state index contributed by atoms with van der Waals surface area (Å²) in [6.45, 7) is 2.35. The highest BCUT2D eigenvalue weighted by molar-refractivity contribution is 6.00. The Morgan fingerprint density at radius 1 is 0.667 bits per heavy atom. The largest absolute Gasteiger partial charge is 0.497 e. The molecule has 0 bridgehead atoms. The summed E-state index contributed by atoms with van der Waals surface area (Å²) in [5.74, 6) is 3.37. The Morgan fingerprint density at radius 3 is 1.56 bits per heavy atom. The SMILES string of the molecule is COc1ccc2c(c1)c(-c1cc3c(ncc4cnc(CCCN)n43)n1CO)cn2C.COc1ccc2c(c1)c(-c1cc3c(ncc4cnc(CCCNC(C)=O)n43)n1CO)cn2C. The van der Waals surface area contributed by atoms with Crippen LogP contribution in [0.1, 0.15) is 31.4 Å². The molecule has 8 aromatic heterocycles. The molecule has 0 atom stereocenters. The minimum Gasteiger partial charge on any atom is -0.497 e. The standard InChI is InChI=1S/C24H26N6O3.C22H24N6O2/c1-15(32)25-8-4-5-23-26-11-16-12-27-24-22(30(16)23)10-21(29(24)14-31)19-13-28(2)20-7-6-17(33-3)9-18(19)20;1-26-12-17(16-8-15(30-2)5-6-18(16)26)19-9-20-22(27(19)13-29)25-11-14-10-24-21(28(14)20)4-3-7-23/h6-7,9-13,31H,4-5,8,14H2,1-3H3,(H,25,32);5-6,8-12,29H,3-4,7,13,23H2,1-2H3. The van der Waals surface area contributed by atoms with E-state index >= 15 is 0 Å². The summed E-state index contributed by atoms with van der Waals surface area (Å²) in [7, 11) is 7.34. The third-order valence-corrected chi connectivity index (χ3v) is 11.7. The first-order valence-corrected chi connectivity index (χ1v) is 20.8. The van der Waals surface area contributed by atoms with Crippen molar-refractivity contribution in [3.63, 3.8) is 0 Å². The van der Waals surface area contributed by atoms with Crippen molar-refractivity contribution < 1.29 is 24.5 Å². The molecule has 10 aromatic rings. The Hall–Kier alpha value is -7.21. The van der Waals surface area contributed by atoms with Gasteiger partial charge in [0.15, 0.2) is 11.3 Å². The van der Waals surface area contributed by atoms with E-state index in [2.05, 4.69) is 67.7 Å². The van der Waals surface area contributed by atoms with Gasteiger partial charge in [-0.05, 0) is 67.9 Å². The zero-order chi connectivity index (χ0) is 43.9. The van der Waals surface area contributed by atoms with Crippen molar-refractivity contribution in [2.75, 3.05) is 27.3 Å². The molecule has 2 aromatic carbocycles. The van der Waals surface area contributed by atoms with Gasteiger partial charge in [-0.25, -0.2) is 19.9 Å². The molecule has 0 saturated heterocycles. The number of carbonyl (C=O) groups excluding carboxylic acids is 1. The van der Waals surface area contributed by atoms with Crippen molar-refractivity contribution >= 4 is 61.1 Å². The highest BCUT2D eigenvalue weighted by atomic mass is 16.5. The average Bonchev–Trinajstić information content (AvgIpc) is 4.16.